The minimum atomic E-state index is -0.412. The molecule has 0 aliphatic heterocycles. The van der Waals surface area contributed by atoms with Crippen LogP contribution in [-0.2, 0) is 0 Å². The standard InChI is InChI=1S/C20H17N5O2S/c1-12-4-7-17(10-13(12)2)24-14(3)19(22-23-24)20-21-18(11-28-20)15-5-8-16(9-6-15)25(26)27/h4-11H,1-3H3. The average Bonchev–Trinajstić information content (AvgIpc) is 3.31. The summed E-state index contributed by atoms with van der Waals surface area (Å²) in [6, 6.07) is 12.6. The van der Waals surface area contributed by atoms with Crippen molar-refractivity contribution in [1.82, 2.24) is 20.0 Å². The Hall–Kier alpha value is -3.39. The van der Waals surface area contributed by atoms with E-state index in [2.05, 4.69) is 41.3 Å². The number of benzene rings is 2. The minimum absolute atomic E-state index is 0.0615. The average molecular weight is 391 g/mol. The van der Waals surface area contributed by atoms with E-state index in [9.17, 15) is 10.1 Å². The fourth-order valence-electron chi connectivity index (χ4n) is 2.90. The van der Waals surface area contributed by atoms with Gasteiger partial charge < -0.3 is 0 Å². The molecule has 0 amide bonds. The van der Waals surface area contributed by atoms with Crippen LogP contribution in [-0.4, -0.2) is 24.9 Å². The van der Waals surface area contributed by atoms with E-state index >= 15 is 0 Å². The molecule has 4 aromatic rings. The number of aromatic nitrogens is 4. The van der Waals surface area contributed by atoms with E-state index in [1.165, 1.54) is 34.6 Å². The molecule has 8 heteroatoms. The van der Waals surface area contributed by atoms with Gasteiger partial charge in [-0.3, -0.25) is 10.1 Å². The third kappa shape index (κ3) is 3.18. The van der Waals surface area contributed by atoms with Gasteiger partial charge in [0.25, 0.3) is 5.69 Å². The van der Waals surface area contributed by atoms with Crippen LogP contribution in [0.15, 0.2) is 47.8 Å². The Balaban J connectivity index is 1.66. The summed E-state index contributed by atoms with van der Waals surface area (Å²) in [5.74, 6) is 0. The monoisotopic (exact) mass is 391 g/mol. The van der Waals surface area contributed by atoms with Gasteiger partial charge in [-0.2, -0.15) is 0 Å². The summed E-state index contributed by atoms with van der Waals surface area (Å²) in [6.45, 7) is 6.12. The lowest BCUT2D eigenvalue weighted by molar-refractivity contribution is -0.384. The highest BCUT2D eigenvalue weighted by Crippen LogP contribution is 2.31. The maximum Gasteiger partial charge on any atom is 0.269 e. The van der Waals surface area contributed by atoms with Gasteiger partial charge in [-0.05, 0) is 56.2 Å². The van der Waals surface area contributed by atoms with Crippen molar-refractivity contribution in [1.29, 1.82) is 0 Å². The highest BCUT2D eigenvalue weighted by molar-refractivity contribution is 7.13. The van der Waals surface area contributed by atoms with Crippen LogP contribution < -0.4 is 0 Å². The first-order valence-corrected chi connectivity index (χ1v) is 9.52. The number of hydrogen-bond donors (Lipinski definition) is 0. The van der Waals surface area contributed by atoms with Gasteiger partial charge in [0.15, 0.2) is 0 Å². The molecule has 0 aliphatic rings. The van der Waals surface area contributed by atoms with Crippen molar-refractivity contribution in [3.63, 3.8) is 0 Å². The number of thiazole rings is 1. The Morgan fingerprint density at radius 1 is 1.04 bits per heavy atom. The molecule has 2 heterocycles. The van der Waals surface area contributed by atoms with Crippen molar-refractivity contribution in [3.05, 3.63) is 74.8 Å². The Morgan fingerprint density at radius 3 is 2.46 bits per heavy atom. The van der Waals surface area contributed by atoms with Crippen molar-refractivity contribution in [2.45, 2.75) is 20.8 Å². The lowest BCUT2D eigenvalue weighted by atomic mass is 10.1. The third-order valence-corrected chi connectivity index (χ3v) is 5.56. The second-order valence-electron chi connectivity index (χ2n) is 6.55. The van der Waals surface area contributed by atoms with E-state index in [0.29, 0.717) is 0 Å². The number of aryl methyl sites for hydroxylation is 2. The van der Waals surface area contributed by atoms with Gasteiger partial charge in [-0.1, -0.05) is 11.3 Å². The number of rotatable bonds is 4. The van der Waals surface area contributed by atoms with Gasteiger partial charge in [0.05, 0.1) is 22.0 Å². The Kier molecular flexibility index (Phi) is 4.48. The highest BCUT2D eigenvalue weighted by atomic mass is 32.1. The number of hydrogen-bond acceptors (Lipinski definition) is 6. The van der Waals surface area contributed by atoms with Gasteiger partial charge in [-0.25, -0.2) is 9.67 Å². The molecule has 4 rings (SSSR count). The summed E-state index contributed by atoms with van der Waals surface area (Å²) < 4.78 is 1.81. The summed E-state index contributed by atoms with van der Waals surface area (Å²) in [6.07, 6.45) is 0. The molecule has 2 aromatic carbocycles. The van der Waals surface area contributed by atoms with Gasteiger partial charge in [0, 0.05) is 23.1 Å². The fraction of sp³-hybridized carbons (Fsp3) is 0.150. The summed E-state index contributed by atoms with van der Waals surface area (Å²) >= 11 is 1.48. The lowest BCUT2D eigenvalue weighted by Crippen LogP contribution is -2.00. The largest absolute Gasteiger partial charge is 0.269 e. The van der Waals surface area contributed by atoms with E-state index in [-0.39, 0.29) is 5.69 Å². The minimum Gasteiger partial charge on any atom is -0.258 e. The normalized spacial score (nSPS) is 11.0. The molecular formula is C20H17N5O2S. The SMILES string of the molecule is Cc1ccc(-n2nnc(-c3nc(-c4ccc([N+](=O)[O-])cc4)cs3)c2C)cc1C. The van der Waals surface area contributed by atoms with Gasteiger partial charge in [0.1, 0.15) is 10.7 Å². The lowest BCUT2D eigenvalue weighted by Gasteiger charge is -2.06. The quantitative estimate of drug-likeness (QED) is 0.365. The molecule has 0 radical (unpaired) electrons. The Morgan fingerprint density at radius 2 is 1.79 bits per heavy atom. The molecule has 0 unspecified atom stereocenters. The molecule has 0 N–H and O–H groups in total. The van der Waals surface area contributed by atoms with Gasteiger partial charge in [-0.15, -0.1) is 16.4 Å². The molecule has 28 heavy (non-hydrogen) atoms. The molecule has 0 atom stereocenters. The van der Waals surface area contributed by atoms with E-state index in [1.54, 1.807) is 12.1 Å². The molecule has 0 fully saturated rings. The smallest absolute Gasteiger partial charge is 0.258 e. The Labute approximate surface area is 165 Å². The number of nitro benzene ring substituents is 1. The summed E-state index contributed by atoms with van der Waals surface area (Å²) in [4.78, 5) is 15.1. The van der Waals surface area contributed by atoms with E-state index < -0.39 is 4.92 Å². The summed E-state index contributed by atoms with van der Waals surface area (Å²) in [5, 5.41) is 22.1. The van der Waals surface area contributed by atoms with Crippen LogP contribution in [0.3, 0.4) is 0 Å². The summed E-state index contributed by atoms with van der Waals surface area (Å²) in [7, 11) is 0. The Bertz CT molecular complexity index is 1180. The molecule has 0 saturated carbocycles. The molecule has 0 aliphatic carbocycles. The first kappa shape index (κ1) is 18.0. The van der Waals surface area contributed by atoms with Crippen molar-refractivity contribution in [2.75, 3.05) is 0 Å². The van der Waals surface area contributed by atoms with Crippen molar-refractivity contribution in [2.24, 2.45) is 0 Å². The van der Waals surface area contributed by atoms with Crippen LogP contribution >= 0.6 is 11.3 Å². The maximum absolute atomic E-state index is 10.8. The zero-order valence-electron chi connectivity index (χ0n) is 15.6. The second kappa shape index (κ2) is 6.97. The first-order chi connectivity index (χ1) is 13.4. The maximum atomic E-state index is 10.8. The van der Waals surface area contributed by atoms with Gasteiger partial charge in [0.2, 0.25) is 0 Å². The zero-order valence-corrected chi connectivity index (χ0v) is 16.4. The molecule has 0 bridgehead atoms. The molecule has 0 spiro atoms. The molecular weight excluding hydrogens is 374 g/mol. The van der Waals surface area contributed by atoms with Crippen LogP contribution in [0.5, 0.6) is 0 Å². The molecule has 140 valence electrons. The van der Waals surface area contributed by atoms with Crippen LogP contribution in [0.1, 0.15) is 16.8 Å². The van der Waals surface area contributed by atoms with E-state index in [1.807, 2.05) is 23.1 Å². The fourth-order valence-corrected chi connectivity index (χ4v) is 3.76. The first-order valence-electron chi connectivity index (χ1n) is 8.64. The van der Waals surface area contributed by atoms with Crippen molar-refractivity contribution in [3.8, 4) is 27.6 Å². The van der Waals surface area contributed by atoms with Crippen LogP contribution in [0.4, 0.5) is 5.69 Å². The van der Waals surface area contributed by atoms with Crippen LogP contribution in [0.2, 0.25) is 0 Å². The third-order valence-electron chi connectivity index (χ3n) is 4.71. The van der Waals surface area contributed by atoms with Crippen molar-refractivity contribution < 1.29 is 4.92 Å². The molecule has 7 nitrogen and oxygen atoms in total. The number of nitro groups is 1. The predicted octanol–water partition coefficient (Wildman–Crippen LogP) is 4.89. The molecule has 2 aromatic heterocycles. The van der Waals surface area contributed by atoms with Crippen molar-refractivity contribution >= 4 is 17.0 Å². The highest BCUT2D eigenvalue weighted by Gasteiger charge is 2.16. The van der Waals surface area contributed by atoms with Gasteiger partial charge >= 0.3 is 0 Å². The zero-order chi connectivity index (χ0) is 19.8. The van der Waals surface area contributed by atoms with E-state index in [4.69, 9.17) is 0 Å². The van der Waals surface area contributed by atoms with Crippen LogP contribution in [0, 0.1) is 30.9 Å². The van der Waals surface area contributed by atoms with E-state index in [0.717, 1.165) is 33.3 Å². The summed E-state index contributed by atoms with van der Waals surface area (Å²) in [5.41, 5.74) is 6.68. The number of nitrogens with zero attached hydrogens (tertiary/aromatic N) is 5. The topological polar surface area (TPSA) is 86.7 Å². The number of non-ortho nitro benzene ring substituents is 1. The molecule has 0 saturated heterocycles. The van der Waals surface area contributed by atoms with Crippen LogP contribution in [0.25, 0.3) is 27.6 Å². The predicted molar refractivity (Wildman–Crippen MR) is 109 cm³/mol. The second-order valence-corrected chi connectivity index (χ2v) is 7.40.